The molecular weight excluding hydrogens is 1090 g/mol. The highest BCUT2D eigenvalue weighted by Crippen LogP contribution is 2.44. The molecular formula is C60H55Cl3N6O7S2. The van der Waals surface area contributed by atoms with Crippen LogP contribution in [0.25, 0.3) is 38.4 Å². The van der Waals surface area contributed by atoms with E-state index in [1.54, 1.807) is 30.3 Å². The van der Waals surface area contributed by atoms with Crippen molar-refractivity contribution in [2.75, 3.05) is 10.6 Å². The minimum absolute atomic E-state index is 0.0557. The molecule has 0 aliphatic heterocycles. The van der Waals surface area contributed by atoms with Gasteiger partial charge in [0, 0.05) is 28.2 Å². The number of rotatable bonds is 24. The van der Waals surface area contributed by atoms with Crippen LogP contribution in [-0.2, 0) is 20.7 Å². The van der Waals surface area contributed by atoms with Gasteiger partial charge in [-0.2, -0.15) is 0 Å². The zero-order valence-electron chi connectivity index (χ0n) is 42.7. The number of carbonyl (C=O) groups excluding carboxylic acids is 3. The van der Waals surface area contributed by atoms with Crippen molar-refractivity contribution >= 4 is 97.2 Å². The first-order chi connectivity index (χ1) is 37.9. The molecule has 2 amide bonds. The highest BCUT2D eigenvalue weighted by Gasteiger charge is 2.38. The van der Waals surface area contributed by atoms with Gasteiger partial charge in [0.05, 0.1) is 41.7 Å². The molecule has 0 radical (unpaired) electrons. The van der Waals surface area contributed by atoms with Crippen molar-refractivity contribution in [2.24, 2.45) is 0 Å². The standard InChI is InChI=1S/C60H55Cl3N6O7S2/c1-3-4-5-6-7-8-9-16-22-52(75-43-29-31-45(32-30-43)78(74)76-44-27-25-42(70)26-28-44)59(72)64-40-24-33-46(61)49(35-40)65-60(73)57(69-51-37-48(63)47(62)36-50(51)66-67-69)58(71)54-38(2)68(41-20-14-11-15-21-41)56(53-23-17-34-77-53)55(54)39-18-12-10-13-19-39/h10-15,17-21,23-37,52,57,70H,3-9,16,22H2,1-2H3,(H,64,72)(H,65,73). The molecule has 3 N–H and O–H groups in total. The van der Waals surface area contributed by atoms with Gasteiger partial charge in [0.2, 0.25) is 11.1 Å². The summed E-state index contributed by atoms with van der Waals surface area (Å²) in [5.74, 6) is -1.11. The van der Waals surface area contributed by atoms with Gasteiger partial charge in [0.15, 0.2) is 17.9 Å². The molecule has 0 spiro atoms. The molecule has 3 unspecified atom stereocenters. The van der Waals surface area contributed by atoms with Crippen LogP contribution in [0.15, 0.2) is 162 Å². The molecule has 0 aliphatic rings. The zero-order chi connectivity index (χ0) is 54.7. The van der Waals surface area contributed by atoms with Crippen molar-refractivity contribution in [1.29, 1.82) is 0 Å². The number of hydrogen-bond donors (Lipinski definition) is 3. The van der Waals surface area contributed by atoms with Crippen LogP contribution in [0.5, 0.6) is 17.2 Å². The number of hydrogen-bond acceptors (Lipinski definition) is 10. The maximum atomic E-state index is 15.9. The first-order valence-electron chi connectivity index (χ1n) is 25.6. The van der Waals surface area contributed by atoms with E-state index in [1.165, 1.54) is 83.8 Å². The number of anilines is 2. The molecule has 0 saturated carbocycles. The number of unbranched alkanes of at least 4 members (excludes halogenated alkanes) is 7. The van der Waals surface area contributed by atoms with E-state index in [1.807, 2.05) is 89.7 Å². The molecule has 9 aromatic rings. The van der Waals surface area contributed by atoms with Crippen molar-refractivity contribution in [3.63, 3.8) is 0 Å². The summed E-state index contributed by atoms with van der Waals surface area (Å²) in [6.07, 6.45) is 7.93. The van der Waals surface area contributed by atoms with E-state index in [2.05, 4.69) is 27.9 Å². The van der Waals surface area contributed by atoms with Crippen molar-refractivity contribution < 1.29 is 32.6 Å². The summed E-state index contributed by atoms with van der Waals surface area (Å²) >= 11 is 19.6. The van der Waals surface area contributed by atoms with Crippen LogP contribution in [0.3, 0.4) is 0 Å². The number of fused-ring (bicyclic) bond motifs is 1. The number of Topliss-reactive ketones (excluding diaryl/α,β-unsaturated/α-hetero) is 1. The van der Waals surface area contributed by atoms with E-state index < -0.39 is 40.8 Å². The van der Waals surface area contributed by atoms with Crippen LogP contribution in [0.1, 0.15) is 86.8 Å². The molecule has 3 atom stereocenters. The van der Waals surface area contributed by atoms with Crippen LogP contribution in [-0.4, -0.2) is 52.6 Å². The van der Waals surface area contributed by atoms with Crippen LogP contribution in [0.2, 0.25) is 15.1 Å². The lowest BCUT2D eigenvalue weighted by atomic mass is 9.93. The Morgan fingerprint density at radius 3 is 2.08 bits per heavy atom. The van der Waals surface area contributed by atoms with Crippen molar-refractivity contribution in [3.8, 4) is 44.6 Å². The highest BCUT2D eigenvalue weighted by molar-refractivity contribution is 7.80. The quantitative estimate of drug-likeness (QED) is 0.0303. The van der Waals surface area contributed by atoms with Gasteiger partial charge in [0.1, 0.15) is 22.8 Å². The Morgan fingerprint density at radius 1 is 0.718 bits per heavy atom. The predicted octanol–water partition coefficient (Wildman–Crippen LogP) is 15.7. The van der Waals surface area contributed by atoms with Crippen molar-refractivity contribution in [2.45, 2.75) is 88.7 Å². The number of phenols is 1. The van der Waals surface area contributed by atoms with E-state index in [0.29, 0.717) is 45.3 Å². The van der Waals surface area contributed by atoms with Gasteiger partial charge in [-0.3, -0.25) is 14.4 Å². The molecule has 0 aliphatic carbocycles. The topological polar surface area (TPSA) is 167 Å². The summed E-state index contributed by atoms with van der Waals surface area (Å²) in [7, 11) is 0. The molecule has 0 saturated heterocycles. The molecule has 6 aromatic carbocycles. The van der Waals surface area contributed by atoms with Gasteiger partial charge in [-0.25, -0.2) is 8.89 Å². The molecule has 0 bridgehead atoms. The van der Waals surface area contributed by atoms with E-state index in [9.17, 15) is 14.1 Å². The fourth-order valence-corrected chi connectivity index (χ4v) is 11.3. The molecule has 78 heavy (non-hydrogen) atoms. The lowest BCUT2D eigenvalue weighted by molar-refractivity contribution is -0.123. The lowest BCUT2D eigenvalue weighted by Gasteiger charge is -2.20. The van der Waals surface area contributed by atoms with Gasteiger partial charge in [-0.15, -0.1) is 16.4 Å². The third kappa shape index (κ3) is 13.0. The maximum Gasteiger partial charge on any atom is 0.265 e. The molecule has 3 heterocycles. The highest BCUT2D eigenvalue weighted by atomic mass is 35.5. The third-order valence-electron chi connectivity index (χ3n) is 13.1. The van der Waals surface area contributed by atoms with Crippen molar-refractivity contribution in [1.82, 2.24) is 19.6 Å². The molecule has 3 aromatic heterocycles. The summed E-state index contributed by atoms with van der Waals surface area (Å²) in [5, 5.41) is 26.7. The first-order valence-corrected chi connectivity index (χ1v) is 28.7. The summed E-state index contributed by atoms with van der Waals surface area (Å²) < 4.78 is 28.2. The van der Waals surface area contributed by atoms with E-state index in [0.717, 1.165) is 53.9 Å². The van der Waals surface area contributed by atoms with Gasteiger partial charge >= 0.3 is 0 Å². The number of halogens is 3. The Kier molecular flexibility index (Phi) is 18.4. The largest absolute Gasteiger partial charge is 0.508 e. The Balaban J connectivity index is 1.03. The lowest BCUT2D eigenvalue weighted by Crippen LogP contribution is -2.34. The molecule has 13 nitrogen and oxygen atoms in total. The number of amides is 2. The number of thiophene rings is 1. The fraction of sp³-hybridized carbons (Fsp3) is 0.217. The van der Waals surface area contributed by atoms with Gasteiger partial charge < -0.3 is 29.2 Å². The fourth-order valence-electron chi connectivity index (χ4n) is 9.29. The van der Waals surface area contributed by atoms with Gasteiger partial charge in [-0.05, 0) is 128 Å². The van der Waals surface area contributed by atoms with Crippen LogP contribution in [0, 0.1) is 6.92 Å². The second-order valence-electron chi connectivity index (χ2n) is 18.6. The Hall–Kier alpha value is -7.27. The van der Waals surface area contributed by atoms with E-state index in [-0.39, 0.29) is 37.6 Å². The minimum Gasteiger partial charge on any atom is -0.508 e. The SMILES string of the molecule is CCCCCCCCCCC(Oc1ccc(S(=O)Oc2ccc(O)cc2)cc1)C(=O)Nc1ccc(Cl)c(NC(=O)C(C(=O)c2c(-c3ccccc3)c(-c3cccs3)n(-c3ccccc3)c2C)n2nnc3cc(Cl)c(Cl)cc32)c1. The van der Waals surface area contributed by atoms with Crippen LogP contribution in [0.4, 0.5) is 11.4 Å². The van der Waals surface area contributed by atoms with E-state index >= 15 is 9.59 Å². The number of carbonyl (C=O) groups is 3. The number of aromatic nitrogens is 4. The number of benzene rings is 6. The maximum absolute atomic E-state index is 15.9. The summed E-state index contributed by atoms with van der Waals surface area (Å²) in [5.41, 5.74) is 4.76. The number of phenolic OH excluding ortho intramolecular Hbond substituents is 1. The third-order valence-corrected chi connectivity index (χ3v) is 16.1. The zero-order valence-corrected chi connectivity index (χ0v) is 46.6. The number of ketones is 1. The van der Waals surface area contributed by atoms with Gasteiger partial charge in [-0.1, -0.05) is 146 Å². The second-order valence-corrected chi connectivity index (χ2v) is 21.9. The van der Waals surface area contributed by atoms with Crippen LogP contribution < -0.4 is 19.6 Å². The summed E-state index contributed by atoms with van der Waals surface area (Å²) in [6, 6.07) is 41.6. The molecule has 18 heteroatoms. The van der Waals surface area contributed by atoms with E-state index in [4.69, 9.17) is 43.7 Å². The smallest absolute Gasteiger partial charge is 0.265 e. The number of nitrogens with zero attached hydrogens (tertiary/aromatic N) is 4. The molecule has 400 valence electrons. The molecule has 9 rings (SSSR count). The first kappa shape index (κ1) is 55.5. The van der Waals surface area contributed by atoms with Crippen LogP contribution >= 0.6 is 46.1 Å². The summed E-state index contributed by atoms with van der Waals surface area (Å²) in [4.78, 5) is 46.8. The van der Waals surface area contributed by atoms with Gasteiger partial charge in [0.25, 0.3) is 11.8 Å². The Labute approximate surface area is 473 Å². The number of aromatic hydroxyl groups is 1. The Morgan fingerprint density at radius 2 is 1.38 bits per heavy atom. The normalized spacial score (nSPS) is 12.5. The average molecular weight is 1140 g/mol. The number of ether oxygens (including phenoxy) is 1. The minimum atomic E-state index is -1.87. The number of para-hydroxylation sites is 1. The monoisotopic (exact) mass is 1140 g/mol. The average Bonchev–Trinajstić information content (AvgIpc) is 4.39. The molecule has 0 fully saturated rings. The number of nitrogens with one attached hydrogen (secondary N) is 2. The predicted molar refractivity (Wildman–Crippen MR) is 312 cm³/mol. The Bertz CT molecular complexity index is 3560. The summed E-state index contributed by atoms with van der Waals surface area (Å²) in [6.45, 7) is 4.05. The second kappa shape index (κ2) is 25.9. The van der Waals surface area contributed by atoms with Crippen molar-refractivity contribution in [3.05, 3.63) is 183 Å².